The summed E-state index contributed by atoms with van der Waals surface area (Å²) in [4.78, 5) is 9.78. The molecular formula is C16H29IN4S. The molecule has 0 spiro atoms. The molecule has 0 aliphatic carbocycles. The Balaban J connectivity index is 0.00000242. The number of halogens is 1. The first-order valence-electron chi connectivity index (χ1n) is 7.93. The summed E-state index contributed by atoms with van der Waals surface area (Å²) in [7, 11) is 2.21. The molecule has 1 fully saturated rings. The van der Waals surface area contributed by atoms with Crippen LogP contribution in [0.4, 0.5) is 0 Å². The fraction of sp³-hybridized carbons (Fsp3) is 0.688. The first-order chi connectivity index (χ1) is 10.2. The molecule has 0 aromatic carbocycles. The number of nitrogens with zero attached hydrogens (tertiary/aromatic N) is 2. The second-order valence-electron chi connectivity index (χ2n) is 5.84. The molecule has 1 aromatic heterocycles. The molecule has 1 aliphatic rings. The molecule has 0 saturated carbocycles. The van der Waals surface area contributed by atoms with Crippen LogP contribution in [-0.4, -0.2) is 44.1 Å². The molecule has 0 amide bonds. The van der Waals surface area contributed by atoms with Crippen molar-refractivity contribution in [2.45, 2.75) is 33.2 Å². The molecule has 2 rings (SSSR count). The van der Waals surface area contributed by atoms with E-state index in [0.29, 0.717) is 0 Å². The Morgan fingerprint density at radius 2 is 2.05 bits per heavy atom. The fourth-order valence-corrected chi connectivity index (χ4v) is 3.39. The molecule has 4 nitrogen and oxygen atoms in total. The predicted octanol–water partition coefficient (Wildman–Crippen LogP) is 3.07. The van der Waals surface area contributed by atoms with Gasteiger partial charge in [0.25, 0.3) is 0 Å². The smallest absolute Gasteiger partial charge is 0.191 e. The number of aryl methyl sites for hydroxylation is 1. The molecule has 0 radical (unpaired) electrons. The van der Waals surface area contributed by atoms with Crippen molar-refractivity contribution in [1.82, 2.24) is 15.5 Å². The van der Waals surface area contributed by atoms with Gasteiger partial charge in [-0.25, -0.2) is 4.99 Å². The maximum Gasteiger partial charge on any atom is 0.191 e. The van der Waals surface area contributed by atoms with Crippen LogP contribution in [0.15, 0.2) is 17.1 Å². The molecule has 1 aliphatic heterocycles. The summed E-state index contributed by atoms with van der Waals surface area (Å²) in [6, 6.07) is 4.33. The SMILES string of the molecule is CCNC(=NCc1ccc(C)s1)NCC1CCN(C)CC1.I. The number of piperidine rings is 1. The zero-order valence-electron chi connectivity index (χ0n) is 13.9. The fourth-order valence-electron chi connectivity index (χ4n) is 2.58. The number of hydrogen-bond acceptors (Lipinski definition) is 3. The van der Waals surface area contributed by atoms with Gasteiger partial charge in [0.1, 0.15) is 0 Å². The molecule has 1 saturated heterocycles. The van der Waals surface area contributed by atoms with Gasteiger partial charge in [-0.3, -0.25) is 0 Å². The second-order valence-corrected chi connectivity index (χ2v) is 7.21. The van der Waals surface area contributed by atoms with E-state index in [4.69, 9.17) is 4.99 Å². The normalized spacial score (nSPS) is 17.1. The van der Waals surface area contributed by atoms with Crippen LogP contribution in [0.5, 0.6) is 0 Å². The minimum atomic E-state index is 0. The summed E-state index contributed by atoms with van der Waals surface area (Å²) in [6.07, 6.45) is 2.57. The van der Waals surface area contributed by atoms with Crippen molar-refractivity contribution in [1.29, 1.82) is 0 Å². The topological polar surface area (TPSA) is 39.7 Å². The van der Waals surface area contributed by atoms with Crippen LogP contribution >= 0.6 is 35.3 Å². The van der Waals surface area contributed by atoms with E-state index in [1.165, 1.54) is 35.7 Å². The highest BCUT2D eigenvalue weighted by Gasteiger charge is 2.16. The van der Waals surface area contributed by atoms with Gasteiger partial charge in [0, 0.05) is 22.8 Å². The summed E-state index contributed by atoms with van der Waals surface area (Å²) >= 11 is 1.83. The predicted molar refractivity (Wildman–Crippen MR) is 108 cm³/mol. The lowest BCUT2D eigenvalue weighted by atomic mass is 9.97. The van der Waals surface area contributed by atoms with Gasteiger partial charge < -0.3 is 15.5 Å². The summed E-state index contributed by atoms with van der Waals surface area (Å²) in [6.45, 7) is 9.39. The van der Waals surface area contributed by atoms with Crippen LogP contribution in [0, 0.1) is 12.8 Å². The third kappa shape index (κ3) is 6.83. The van der Waals surface area contributed by atoms with E-state index in [1.807, 2.05) is 11.3 Å². The summed E-state index contributed by atoms with van der Waals surface area (Å²) in [5.41, 5.74) is 0. The van der Waals surface area contributed by atoms with Crippen LogP contribution < -0.4 is 10.6 Å². The summed E-state index contributed by atoms with van der Waals surface area (Å²) < 4.78 is 0. The zero-order chi connectivity index (χ0) is 15.1. The third-order valence-corrected chi connectivity index (χ3v) is 4.91. The molecule has 6 heteroatoms. The van der Waals surface area contributed by atoms with Gasteiger partial charge in [-0.1, -0.05) is 0 Å². The van der Waals surface area contributed by atoms with E-state index in [0.717, 1.165) is 31.5 Å². The first kappa shape index (κ1) is 19.7. The van der Waals surface area contributed by atoms with Crippen LogP contribution in [0.2, 0.25) is 0 Å². The molecule has 2 heterocycles. The lowest BCUT2D eigenvalue weighted by Crippen LogP contribution is -2.42. The monoisotopic (exact) mass is 436 g/mol. The molecule has 1 aromatic rings. The molecule has 22 heavy (non-hydrogen) atoms. The Morgan fingerprint density at radius 1 is 1.32 bits per heavy atom. The van der Waals surface area contributed by atoms with Crippen LogP contribution in [0.1, 0.15) is 29.5 Å². The first-order valence-corrected chi connectivity index (χ1v) is 8.75. The number of hydrogen-bond donors (Lipinski definition) is 2. The van der Waals surface area contributed by atoms with Gasteiger partial charge >= 0.3 is 0 Å². The largest absolute Gasteiger partial charge is 0.357 e. The molecule has 0 bridgehead atoms. The third-order valence-electron chi connectivity index (χ3n) is 3.93. The highest BCUT2D eigenvalue weighted by Crippen LogP contribution is 2.16. The average molecular weight is 436 g/mol. The van der Waals surface area contributed by atoms with E-state index >= 15 is 0 Å². The van der Waals surface area contributed by atoms with Crippen LogP contribution in [-0.2, 0) is 6.54 Å². The Kier molecular flexibility index (Phi) is 9.35. The molecule has 2 N–H and O–H groups in total. The zero-order valence-corrected chi connectivity index (χ0v) is 17.0. The Labute approximate surface area is 155 Å². The second kappa shape index (κ2) is 10.4. The van der Waals surface area contributed by atoms with Gasteiger partial charge in [-0.15, -0.1) is 35.3 Å². The minimum absolute atomic E-state index is 0. The Hall–Kier alpha value is -0.340. The molecule has 0 unspecified atom stereocenters. The van der Waals surface area contributed by atoms with E-state index in [2.05, 4.69) is 48.6 Å². The van der Waals surface area contributed by atoms with E-state index < -0.39 is 0 Å². The number of rotatable bonds is 5. The van der Waals surface area contributed by atoms with Crippen molar-refractivity contribution in [3.8, 4) is 0 Å². The maximum absolute atomic E-state index is 4.69. The lowest BCUT2D eigenvalue weighted by molar-refractivity contribution is 0.220. The number of likely N-dealkylation sites (tertiary alicyclic amines) is 1. The van der Waals surface area contributed by atoms with E-state index in [1.54, 1.807) is 0 Å². The standard InChI is InChI=1S/C16H28N4S.HI/c1-4-17-16(19-12-15-6-5-13(2)21-15)18-11-14-7-9-20(3)10-8-14;/h5-6,14H,4,7-12H2,1-3H3,(H2,17,18,19);1H. The van der Waals surface area contributed by atoms with Crippen molar-refractivity contribution in [3.63, 3.8) is 0 Å². The quantitative estimate of drug-likeness (QED) is 0.424. The number of nitrogens with one attached hydrogen (secondary N) is 2. The van der Waals surface area contributed by atoms with Crippen molar-refractivity contribution in [2.24, 2.45) is 10.9 Å². The highest BCUT2D eigenvalue weighted by molar-refractivity contribution is 14.0. The van der Waals surface area contributed by atoms with Gasteiger partial charge in [0.2, 0.25) is 0 Å². The van der Waals surface area contributed by atoms with E-state index in [9.17, 15) is 0 Å². The van der Waals surface area contributed by atoms with Crippen LogP contribution in [0.25, 0.3) is 0 Å². The lowest BCUT2D eigenvalue weighted by Gasteiger charge is -2.29. The average Bonchev–Trinajstić information content (AvgIpc) is 2.89. The summed E-state index contributed by atoms with van der Waals surface area (Å²) in [5.74, 6) is 1.72. The highest BCUT2D eigenvalue weighted by atomic mass is 127. The van der Waals surface area contributed by atoms with Crippen molar-refractivity contribution < 1.29 is 0 Å². The maximum atomic E-state index is 4.69. The van der Waals surface area contributed by atoms with E-state index in [-0.39, 0.29) is 24.0 Å². The van der Waals surface area contributed by atoms with Gasteiger partial charge in [-0.2, -0.15) is 0 Å². The van der Waals surface area contributed by atoms with Crippen LogP contribution in [0.3, 0.4) is 0 Å². The minimum Gasteiger partial charge on any atom is -0.357 e. The van der Waals surface area contributed by atoms with Gasteiger partial charge in [0.05, 0.1) is 6.54 Å². The molecule has 126 valence electrons. The van der Waals surface area contributed by atoms with Crippen molar-refractivity contribution in [2.75, 3.05) is 33.2 Å². The Morgan fingerprint density at radius 3 is 2.64 bits per heavy atom. The van der Waals surface area contributed by atoms with Crippen molar-refractivity contribution in [3.05, 3.63) is 21.9 Å². The molecule has 0 atom stereocenters. The summed E-state index contributed by atoms with van der Waals surface area (Å²) in [5, 5.41) is 6.85. The number of guanidine groups is 1. The Bertz CT molecular complexity index is 453. The number of aliphatic imine (C=N–C) groups is 1. The van der Waals surface area contributed by atoms with Gasteiger partial charge in [-0.05, 0) is 64.9 Å². The number of thiophene rings is 1. The molecular weight excluding hydrogens is 407 g/mol. The van der Waals surface area contributed by atoms with Crippen molar-refractivity contribution >= 4 is 41.3 Å². The van der Waals surface area contributed by atoms with Gasteiger partial charge in [0.15, 0.2) is 5.96 Å².